The van der Waals surface area contributed by atoms with Crippen molar-refractivity contribution in [1.82, 2.24) is 0 Å². The number of benzene rings is 2. The summed E-state index contributed by atoms with van der Waals surface area (Å²) >= 11 is 0. The van der Waals surface area contributed by atoms with Gasteiger partial charge in [0, 0.05) is 0 Å². The van der Waals surface area contributed by atoms with Crippen LogP contribution in [0.3, 0.4) is 0 Å². The predicted octanol–water partition coefficient (Wildman–Crippen LogP) is 4.98. The smallest absolute Gasteiger partial charge is 0.335 e. The molecule has 0 radical (unpaired) electrons. The van der Waals surface area contributed by atoms with E-state index in [-0.39, 0.29) is 0 Å². The van der Waals surface area contributed by atoms with E-state index in [1.807, 2.05) is 44.2 Å². The highest BCUT2D eigenvalue weighted by Crippen LogP contribution is 2.15. The first-order valence-electron chi connectivity index (χ1n) is 6.41. The summed E-state index contributed by atoms with van der Waals surface area (Å²) in [5.41, 5.74) is 0.332. The molecule has 98 valence electrons. The standard InChI is InChI=1S/C11H8O2.C3H8.C2H6/c12-11(13)10-6-5-8-3-1-2-4-9(8)7-10;1-3-2;1-2/h1-7H,(H,12,13);3H2,1-2H3;1-2H3. The molecule has 0 saturated carbocycles. The fourth-order valence-corrected chi connectivity index (χ4v) is 1.32. The van der Waals surface area contributed by atoms with Gasteiger partial charge in [0.25, 0.3) is 0 Å². The molecule has 0 aliphatic rings. The molecule has 2 rings (SSSR count). The van der Waals surface area contributed by atoms with Crippen molar-refractivity contribution in [2.75, 3.05) is 0 Å². The first-order valence-corrected chi connectivity index (χ1v) is 6.41. The quantitative estimate of drug-likeness (QED) is 0.770. The molecule has 2 aromatic carbocycles. The Morgan fingerprint density at radius 2 is 1.50 bits per heavy atom. The van der Waals surface area contributed by atoms with Crippen LogP contribution in [-0.4, -0.2) is 11.1 Å². The molecule has 2 aromatic rings. The molecule has 0 aliphatic carbocycles. The lowest BCUT2D eigenvalue weighted by molar-refractivity contribution is 0.0697. The highest BCUT2D eigenvalue weighted by atomic mass is 16.4. The lowest BCUT2D eigenvalue weighted by atomic mass is 10.1. The molecule has 18 heavy (non-hydrogen) atoms. The van der Waals surface area contributed by atoms with E-state index >= 15 is 0 Å². The molecule has 2 nitrogen and oxygen atoms in total. The van der Waals surface area contributed by atoms with E-state index in [0.29, 0.717) is 5.56 Å². The zero-order valence-electron chi connectivity index (χ0n) is 11.6. The fourth-order valence-electron chi connectivity index (χ4n) is 1.32. The summed E-state index contributed by atoms with van der Waals surface area (Å²) in [7, 11) is 0. The third-order valence-corrected chi connectivity index (χ3v) is 2.00. The van der Waals surface area contributed by atoms with E-state index in [1.54, 1.807) is 12.1 Å². The molecule has 0 fully saturated rings. The van der Waals surface area contributed by atoms with Gasteiger partial charge >= 0.3 is 5.97 Å². The van der Waals surface area contributed by atoms with Gasteiger partial charge in [-0.1, -0.05) is 64.4 Å². The minimum absolute atomic E-state index is 0.332. The predicted molar refractivity (Wildman–Crippen MR) is 78.2 cm³/mol. The van der Waals surface area contributed by atoms with E-state index in [9.17, 15) is 4.79 Å². The van der Waals surface area contributed by atoms with Crippen molar-refractivity contribution in [2.45, 2.75) is 34.1 Å². The van der Waals surface area contributed by atoms with E-state index in [1.165, 1.54) is 6.42 Å². The molecule has 0 aromatic heterocycles. The Labute approximate surface area is 109 Å². The summed E-state index contributed by atoms with van der Waals surface area (Å²) in [6.45, 7) is 8.25. The van der Waals surface area contributed by atoms with Crippen molar-refractivity contribution in [3.8, 4) is 0 Å². The van der Waals surface area contributed by atoms with Gasteiger partial charge < -0.3 is 5.11 Å². The van der Waals surface area contributed by atoms with Crippen molar-refractivity contribution in [2.24, 2.45) is 0 Å². The van der Waals surface area contributed by atoms with Gasteiger partial charge in [0.2, 0.25) is 0 Å². The maximum Gasteiger partial charge on any atom is 0.335 e. The Morgan fingerprint density at radius 1 is 1.00 bits per heavy atom. The van der Waals surface area contributed by atoms with Crippen LogP contribution in [0.5, 0.6) is 0 Å². The van der Waals surface area contributed by atoms with Crippen LogP contribution in [0.4, 0.5) is 0 Å². The Balaban J connectivity index is 0.000000509. The number of carbonyl (C=O) groups is 1. The van der Waals surface area contributed by atoms with Crippen molar-refractivity contribution in [3.63, 3.8) is 0 Å². The lowest BCUT2D eigenvalue weighted by Gasteiger charge is -1.98. The van der Waals surface area contributed by atoms with Crippen molar-refractivity contribution in [3.05, 3.63) is 48.0 Å². The van der Waals surface area contributed by atoms with Crippen LogP contribution in [0.1, 0.15) is 44.5 Å². The second-order valence-corrected chi connectivity index (χ2v) is 3.57. The van der Waals surface area contributed by atoms with Crippen LogP contribution in [0, 0.1) is 0 Å². The van der Waals surface area contributed by atoms with Gasteiger partial charge in [-0.15, -0.1) is 0 Å². The van der Waals surface area contributed by atoms with Gasteiger partial charge in [-0.25, -0.2) is 4.79 Å². The number of hydrogen-bond donors (Lipinski definition) is 1. The fraction of sp³-hybridized carbons (Fsp3) is 0.312. The van der Waals surface area contributed by atoms with E-state index in [0.717, 1.165) is 10.8 Å². The SMILES string of the molecule is CC.CCC.O=C(O)c1ccc2ccccc2c1. The van der Waals surface area contributed by atoms with E-state index < -0.39 is 5.97 Å². The van der Waals surface area contributed by atoms with E-state index in [4.69, 9.17) is 5.11 Å². The minimum atomic E-state index is -0.884. The number of carboxylic acids is 1. The molecule has 0 heterocycles. The Hall–Kier alpha value is -1.83. The molecule has 0 unspecified atom stereocenters. The molecule has 0 spiro atoms. The second-order valence-electron chi connectivity index (χ2n) is 3.57. The zero-order valence-corrected chi connectivity index (χ0v) is 11.6. The number of fused-ring (bicyclic) bond motifs is 1. The topological polar surface area (TPSA) is 37.3 Å². The normalized spacial score (nSPS) is 8.67. The summed E-state index contributed by atoms with van der Waals surface area (Å²) in [5, 5.41) is 10.8. The number of carboxylic acid groups (broad SMARTS) is 1. The molecule has 0 bridgehead atoms. The lowest BCUT2D eigenvalue weighted by Crippen LogP contribution is -1.94. The molecule has 2 heteroatoms. The summed E-state index contributed by atoms with van der Waals surface area (Å²) in [6.07, 6.45) is 1.25. The third-order valence-electron chi connectivity index (χ3n) is 2.00. The van der Waals surface area contributed by atoms with Crippen molar-refractivity contribution >= 4 is 16.7 Å². The maximum absolute atomic E-state index is 10.6. The van der Waals surface area contributed by atoms with Crippen LogP contribution in [0.25, 0.3) is 10.8 Å². The molecule has 0 amide bonds. The highest BCUT2D eigenvalue weighted by molar-refractivity contribution is 5.94. The van der Waals surface area contributed by atoms with Crippen LogP contribution >= 0.6 is 0 Å². The first-order chi connectivity index (χ1) is 8.69. The molecular weight excluding hydrogens is 224 g/mol. The number of hydrogen-bond acceptors (Lipinski definition) is 1. The first kappa shape index (κ1) is 16.2. The Morgan fingerprint density at radius 3 is 2.00 bits per heavy atom. The summed E-state index contributed by atoms with van der Waals surface area (Å²) in [6, 6.07) is 12.8. The molecule has 1 N–H and O–H groups in total. The van der Waals surface area contributed by atoms with Crippen molar-refractivity contribution < 1.29 is 9.90 Å². The highest BCUT2D eigenvalue weighted by Gasteiger charge is 2.01. The molecule has 0 atom stereocenters. The van der Waals surface area contributed by atoms with Gasteiger partial charge in [0.05, 0.1) is 5.56 Å². The van der Waals surface area contributed by atoms with Crippen LogP contribution in [-0.2, 0) is 0 Å². The van der Waals surface area contributed by atoms with Crippen molar-refractivity contribution in [1.29, 1.82) is 0 Å². The van der Waals surface area contributed by atoms with Gasteiger partial charge in [-0.3, -0.25) is 0 Å². The number of aromatic carboxylic acids is 1. The monoisotopic (exact) mass is 246 g/mol. The second kappa shape index (κ2) is 9.23. The van der Waals surface area contributed by atoms with Gasteiger partial charge in [-0.05, 0) is 22.9 Å². The summed E-state index contributed by atoms with van der Waals surface area (Å²) < 4.78 is 0. The maximum atomic E-state index is 10.6. The van der Waals surface area contributed by atoms with Gasteiger partial charge in [-0.2, -0.15) is 0 Å². The Bertz CT molecular complexity index is 475. The molecular formula is C16H22O2. The molecule has 0 saturated heterocycles. The number of rotatable bonds is 1. The van der Waals surface area contributed by atoms with Crippen LogP contribution < -0.4 is 0 Å². The minimum Gasteiger partial charge on any atom is -0.478 e. The average molecular weight is 246 g/mol. The zero-order chi connectivity index (χ0) is 14.0. The average Bonchev–Trinajstić information content (AvgIpc) is 2.41. The third kappa shape index (κ3) is 5.00. The van der Waals surface area contributed by atoms with Gasteiger partial charge in [0.15, 0.2) is 0 Å². The molecule has 0 aliphatic heterocycles. The van der Waals surface area contributed by atoms with Crippen LogP contribution in [0.15, 0.2) is 42.5 Å². The summed E-state index contributed by atoms with van der Waals surface area (Å²) in [5.74, 6) is -0.884. The Kier molecular flexibility index (Phi) is 8.29. The van der Waals surface area contributed by atoms with Crippen LogP contribution in [0.2, 0.25) is 0 Å². The summed E-state index contributed by atoms with van der Waals surface area (Å²) in [4.78, 5) is 10.6. The van der Waals surface area contributed by atoms with E-state index in [2.05, 4.69) is 13.8 Å². The largest absolute Gasteiger partial charge is 0.478 e. The van der Waals surface area contributed by atoms with Gasteiger partial charge in [0.1, 0.15) is 0 Å².